The molecular weight excluding hydrogens is 442 g/mol. The number of aromatic nitrogens is 3. The van der Waals surface area contributed by atoms with Gasteiger partial charge in [0.15, 0.2) is 5.65 Å². The standard InChI is InChI=1S/C27H31N5O3/c1-18-15-24-28-29-25(33)32(24)23-16-21(9-10-22(18)23)20-7-5-19(6-8-20)17-30-11-13-31(14-12-30)26(34)35-27(2,3)4/h5-10,15-16H,11-14,17H2,1-4H3,(H,29,33). The number of H-pyrrole nitrogens is 1. The number of carbonyl (C=O) groups is 1. The lowest BCUT2D eigenvalue weighted by molar-refractivity contribution is 0.0139. The van der Waals surface area contributed by atoms with E-state index < -0.39 is 5.60 Å². The number of benzene rings is 2. The van der Waals surface area contributed by atoms with Crippen molar-refractivity contribution in [2.45, 2.75) is 39.8 Å². The maximum Gasteiger partial charge on any atom is 0.410 e. The fraction of sp³-hybridized carbons (Fsp3) is 0.370. The Hall–Kier alpha value is -3.65. The lowest BCUT2D eigenvalue weighted by Crippen LogP contribution is -2.49. The number of aromatic amines is 1. The SMILES string of the molecule is Cc1cc2n[nH]c(=O)n2c2cc(-c3ccc(CN4CCN(C(=O)OC(C)(C)C)CC4)cc3)ccc12. The minimum atomic E-state index is -0.472. The van der Waals surface area contributed by atoms with Crippen LogP contribution in [-0.4, -0.2) is 62.3 Å². The third-order valence-corrected chi connectivity index (χ3v) is 6.42. The Balaban J connectivity index is 1.28. The molecule has 1 N–H and O–H groups in total. The summed E-state index contributed by atoms with van der Waals surface area (Å²) in [6.45, 7) is 11.5. The van der Waals surface area contributed by atoms with E-state index in [1.807, 2.05) is 33.8 Å². The van der Waals surface area contributed by atoms with Gasteiger partial charge in [-0.25, -0.2) is 19.1 Å². The molecule has 5 rings (SSSR count). The Kier molecular flexibility index (Phi) is 5.84. The van der Waals surface area contributed by atoms with E-state index in [-0.39, 0.29) is 11.8 Å². The van der Waals surface area contributed by atoms with Gasteiger partial charge in [-0.05, 0) is 62.1 Å². The lowest BCUT2D eigenvalue weighted by Gasteiger charge is -2.35. The van der Waals surface area contributed by atoms with E-state index in [1.54, 1.807) is 9.30 Å². The topological polar surface area (TPSA) is 82.9 Å². The molecule has 8 nitrogen and oxygen atoms in total. The first-order chi connectivity index (χ1) is 16.7. The molecule has 182 valence electrons. The van der Waals surface area contributed by atoms with Gasteiger partial charge in [0.25, 0.3) is 0 Å². The third kappa shape index (κ3) is 4.79. The summed E-state index contributed by atoms with van der Waals surface area (Å²) in [5.74, 6) is 0. The van der Waals surface area contributed by atoms with Crippen LogP contribution in [0.5, 0.6) is 0 Å². The van der Waals surface area contributed by atoms with Gasteiger partial charge in [-0.3, -0.25) is 4.90 Å². The molecule has 0 atom stereocenters. The van der Waals surface area contributed by atoms with E-state index in [0.717, 1.165) is 47.2 Å². The molecule has 1 aliphatic rings. The summed E-state index contributed by atoms with van der Waals surface area (Å²) in [5, 5.41) is 7.70. The van der Waals surface area contributed by atoms with Gasteiger partial charge in [-0.1, -0.05) is 36.4 Å². The van der Waals surface area contributed by atoms with Crippen molar-refractivity contribution >= 4 is 22.6 Å². The second-order valence-corrected chi connectivity index (χ2v) is 10.2. The van der Waals surface area contributed by atoms with Crippen molar-refractivity contribution < 1.29 is 9.53 Å². The molecule has 0 aliphatic carbocycles. The van der Waals surface area contributed by atoms with Crippen molar-refractivity contribution in [3.8, 4) is 11.1 Å². The summed E-state index contributed by atoms with van der Waals surface area (Å²) in [7, 11) is 0. The molecule has 1 saturated heterocycles. The van der Waals surface area contributed by atoms with E-state index in [9.17, 15) is 9.59 Å². The molecule has 3 heterocycles. The minimum Gasteiger partial charge on any atom is -0.444 e. The molecule has 0 spiro atoms. The number of ether oxygens (including phenoxy) is 1. The maximum absolute atomic E-state index is 12.3. The number of amides is 1. The number of piperazine rings is 1. The first-order valence-electron chi connectivity index (χ1n) is 12.0. The maximum atomic E-state index is 12.3. The van der Waals surface area contributed by atoms with Crippen LogP contribution in [0.15, 0.2) is 53.3 Å². The molecule has 0 saturated carbocycles. The predicted octanol–water partition coefficient (Wildman–Crippen LogP) is 4.20. The van der Waals surface area contributed by atoms with Gasteiger partial charge in [-0.2, -0.15) is 5.10 Å². The smallest absolute Gasteiger partial charge is 0.410 e. The minimum absolute atomic E-state index is 0.232. The van der Waals surface area contributed by atoms with E-state index >= 15 is 0 Å². The fourth-order valence-electron chi connectivity index (χ4n) is 4.62. The molecule has 4 aromatic rings. The van der Waals surface area contributed by atoms with E-state index in [2.05, 4.69) is 57.6 Å². The number of hydrogen-bond donors (Lipinski definition) is 1. The highest BCUT2D eigenvalue weighted by atomic mass is 16.6. The van der Waals surface area contributed by atoms with Crippen LogP contribution in [0.1, 0.15) is 31.9 Å². The van der Waals surface area contributed by atoms with Gasteiger partial charge in [0.2, 0.25) is 0 Å². The average Bonchev–Trinajstić information content (AvgIpc) is 3.19. The Morgan fingerprint density at radius 3 is 2.37 bits per heavy atom. The van der Waals surface area contributed by atoms with Crippen molar-refractivity contribution in [1.29, 1.82) is 0 Å². The van der Waals surface area contributed by atoms with Gasteiger partial charge in [0.1, 0.15) is 5.60 Å². The van der Waals surface area contributed by atoms with Crippen molar-refractivity contribution in [2.75, 3.05) is 26.2 Å². The van der Waals surface area contributed by atoms with Crippen LogP contribution in [0.25, 0.3) is 27.7 Å². The Labute approximate surface area is 204 Å². The zero-order valence-corrected chi connectivity index (χ0v) is 20.7. The first kappa shape index (κ1) is 23.1. The van der Waals surface area contributed by atoms with Crippen LogP contribution < -0.4 is 5.69 Å². The zero-order chi connectivity index (χ0) is 24.7. The number of rotatable bonds is 3. The molecule has 8 heteroatoms. The predicted molar refractivity (Wildman–Crippen MR) is 137 cm³/mol. The Bertz CT molecular complexity index is 1440. The number of nitrogens with one attached hydrogen (secondary N) is 1. The molecule has 1 fully saturated rings. The summed E-state index contributed by atoms with van der Waals surface area (Å²) >= 11 is 0. The van der Waals surface area contributed by atoms with Crippen LogP contribution in [0.2, 0.25) is 0 Å². The Morgan fingerprint density at radius 1 is 1.00 bits per heavy atom. The van der Waals surface area contributed by atoms with E-state index in [0.29, 0.717) is 18.7 Å². The average molecular weight is 474 g/mol. The first-order valence-corrected chi connectivity index (χ1v) is 12.0. The monoisotopic (exact) mass is 473 g/mol. The molecule has 35 heavy (non-hydrogen) atoms. The third-order valence-electron chi connectivity index (χ3n) is 6.42. The van der Waals surface area contributed by atoms with Crippen molar-refractivity contribution in [3.63, 3.8) is 0 Å². The van der Waals surface area contributed by atoms with Crippen molar-refractivity contribution in [1.82, 2.24) is 24.4 Å². The van der Waals surface area contributed by atoms with E-state index in [4.69, 9.17) is 4.74 Å². The second-order valence-electron chi connectivity index (χ2n) is 10.2. The van der Waals surface area contributed by atoms with E-state index in [1.165, 1.54) is 5.56 Å². The summed E-state index contributed by atoms with van der Waals surface area (Å²) < 4.78 is 7.11. The number of nitrogens with zero attached hydrogens (tertiary/aromatic N) is 4. The Morgan fingerprint density at radius 2 is 1.69 bits per heavy atom. The highest BCUT2D eigenvalue weighted by molar-refractivity contribution is 5.89. The fourth-order valence-corrected chi connectivity index (χ4v) is 4.62. The van der Waals surface area contributed by atoms with Crippen LogP contribution in [0, 0.1) is 6.92 Å². The van der Waals surface area contributed by atoms with Crippen LogP contribution >= 0.6 is 0 Å². The van der Waals surface area contributed by atoms with Crippen molar-refractivity contribution in [3.05, 3.63) is 70.1 Å². The second kappa shape index (κ2) is 8.85. The van der Waals surface area contributed by atoms with Gasteiger partial charge < -0.3 is 9.64 Å². The number of hydrogen-bond acceptors (Lipinski definition) is 5. The summed E-state index contributed by atoms with van der Waals surface area (Å²) in [4.78, 5) is 28.7. The molecule has 1 aliphatic heterocycles. The number of fused-ring (bicyclic) bond motifs is 3. The molecule has 2 aromatic carbocycles. The van der Waals surface area contributed by atoms with Gasteiger partial charge in [0.05, 0.1) is 5.52 Å². The largest absolute Gasteiger partial charge is 0.444 e. The van der Waals surface area contributed by atoms with Crippen LogP contribution in [0.4, 0.5) is 4.79 Å². The normalized spacial score (nSPS) is 15.1. The summed E-state index contributed by atoms with van der Waals surface area (Å²) in [5.41, 5.74) is 5.23. The number of pyridine rings is 1. The molecular formula is C27H31N5O3. The van der Waals surface area contributed by atoms with Crippen LogP contribution in [-0.2, 0) is 11.3 Å². The van der Waals surface area contributed by atoms with Gasteiger partial charge in [0, 0.05) is 38.1 Å². The number of carbonyl (C=O) groups excluding carboxylic acids is 1. The number of aryl methyl sites for hydroxylation is 1. The molecule has 2 aromatic heterocycles. The summed E-state index contributed by atoms with van der Waals surface area (Å²) in [6.07, 6.45) is -0.234. The zero-order valence-electron chi connectivity index (χ0n) is 20.7. The van der Waals surface area contributed by atoms with Gasteiger partial charge >= 0.3 is 11.8 Å². The lowest BCUT2D eigenvalue weighted by atomic mass is 10.0. The van der Waals surface area contributed by atoms with Crippen molar-refractivity contribution in [2.24, 2.45) is 0 Å². The highest BCUT2D eigenvalue weighted by Gasteiger charge is 2.25. The highest BCUT2D eigenvalue weighted by Crippen LogP contribution is 2.27. The summed E-state index contributed by atoms with van der Waals surface area (Å²) in [6, 6.07) is 16.7. The molecule has 0 radical (unpaired) electrons. The van der Waals surface area contributed by atoms with Crippen LogP contribution in [0.3, 0.4) is 0 Å². The molecule has 1 amide bonds. The molecule has 0 unspecified atom stereocenters. The molecule has 0 bridgehead atoms. The van der Waals surface area contributed by atoms with Gasteiger partial charge in [-0.15, -0.1) is 0 Å². The quantitative estimate of drug-likeness (QED) is 0.482.